The highest BCUT2D eigenvalue weighted by molar-refractivity contribution is 4.65. The lowest BCUT2D eigenvalue weighted by molar-refractivity contribution is -0.671. The van der Waals surface area contributed by atoms with Crippen molar-refractivity contribution in [2.24, 2.45) is 6.98 Å². The van der Waals surface area contributed by atoms with Gasteiger partial charge in [-0.1, -0.05) is 45.1 Å². The van der Waals surface area contributed by atoms with Crippen molar-refractivity contribution in [3.63, 3.8) is 0 Å². The van der Waals surface area contributed by atoms with Gasteiger partial charge in [0.2, 0.25) is 6.33 Å². The van der Waals surface area contributed by atoms with Gasteiger partial charge in [0.25, 0.3) is 0 Å². The van der Waals surface area contributed by atoms with Crippen LogP contribution < -0.4 is 4.57 Å². The van der Waals surface area contributed by atoms with Crippen LogP contribution in [0.25, 0.3) is 0 Å². The molecule has 0 bridgehead atoms. The largest absolute Gasteiger partial charge is 0.243 e. The van der Waals surface area contributed by atoms with E-state index in [1.54, 1.807) is 0 Å². The number of aromatic nitrogens is 2. The van der Waals surface area contributed by atoms with Crippen molar-refractivity contribution in [2.45, 2.75) is 64.3 Å². The van der Waals surface area contributed by atoms with Gasteiger partial charge in [0.1, 0.15) is 12.4 Å². The minimum atomic E-state index is -4.66. The van der Waals surface area contributed by atoms with Gasteiger partial charge in [-0.3, -0.25) is 0 Å². The van der Waals surface area contributed by atoms with Gasteiger partial charge < -0.3 is 0 Å². The third kappa shape index (κ3) is 5.94. The highest BCUT2D eigenvalue weighted by Gasteiger charge is 1.98. The Morgan fingerprint density at radius 1 is 1.12 bits per heavy atom. The second kappa shape index (κ2) is 8.37. The van der Waals surface area contributed by atoms with Crippen LogP contribution in [-0.2, 0) is 13.5 Å². The van der Waals surface area contributed by atoms with Crippen molar-refractivity contribution in [3.8, 4) is 0 Å². The van der Waals surface area contributed by atoms with Gasteiger partial charge in [-0.15, -0.1) is 0 Å². The van der Waals surface area contributed by atoms with E-state index in [0.717, 1.165) is 6.20 Å². The lowest BCUT2D eigenvalue weighted by atomic mass is 10.1. The highest BCUT2D eigenvalue weighted by Crippen LogP contribution is 2.08. The summed E-state index contributed by atoms with van der Waals surface area (Å²) in [5.74, 6) is 0. The van der Waals surface area contributed by atoms with Crippen LogP contribution in [0.1, 0.15) is 90.7 Å². The summed E-state index contributed by atoms with van der Waals surface area (Å²) in [6.07, 6.45) is -34.0. The third-order valence-electron chi connectivity index (χ3n) is 1.26. The van der Waals surface area contributed by atoms with Gasteiger partial charge in [0.05, 0.1) is 20.3 Å². The van der Waals surface area contributed by atoms with Gasteiger partial charge in [-0.25, -0.2) is 9.13 Å². The molecule has 0 radical (unpaired) electrons. The number of nitrogens with zero attached hydrogens (tertiary/aromatic N) is 2. The number of imidazole rings is 1. The smallest absolute Gasteiger partial charge is 0.240 e. The Hall–Kier alpha value is -0.790. The van der Waals surface area contributed by atoms with Crippen molar-refractivity contribution < 1.29 is 37.5 Å². The first-order chi connectivity index (χ1) is 17.0. The molecule has 16 heavy (non-hydrogen) atoms. The molecule has 0 saturated heterocycles. The molecule has 0 atom stereocenters. The van der Waals surface area contributed by atoms with Crippen molar-refractivity contribution in [1.82, 2.24) is 4.57 Å². The maximum absolute atomic E-state index is 8.15. The molecule has 0 amide bonds. The zero-order valence-electron chi connectivity index (χ0n) is 32.1. The maximum Gasteiger partial charge on any atom is 0.243 e. The van der Waals surface area contributed by atoms with Crippen molar-refractivity contribution in [2.75, 3.05) is 0 Å². The molecule has 0 aliphatic carbocycles. The lowest BCUT2D eigenvalue weighted by Crippen LogP contribution is -2.23. The molecule has 0 N–H and O–H groups in total. The molecule has 0 aliphatic heterocycles. The molecular weight excluding hydrogens is 196 g/mol. The van der Waals surface area contributed by atoms with Crippen LogP contribution in [0.15, 0.2) is 18.7 Å². The molecule has 0 fully saturated rings. The monoisotopic (exact) mass is 247 g/mol. The van der Waals surface area contributed by atoms with Crippen molar-refractivity contribution in [1.29, 1.82) is 0 Å². The highest BCUT2D eigenvalue weighted by atomic mass is 15.1. The van der Waals surface area contributed by atoms with E-state index < -0.39 is 71.3 Å². The molecule has 1 heterocycles. The van der Waals surface area contributed by atoms with Gasteiger partial charge >= 0.3 is 0 Å². The Labute approximate surface area is 134 Å². The predicted molar refractivity (Wildman–Crippen MR) is 68.2 cm³/mol. The SMILES string of the molecule is [2H]C([2H])([2H])[n+]1ccn(C([2H])([2H])C([2H])([2H])C([2H])([2H])C([2H])([2H])C([2H])([2H])C([2H])([2H])C([2H])([2H])C([2H])([2H])C([2H])([2H])C([2H])([2H])[2H])c1. The summed E-state index contributed by atoms with van der Waals surface area (Å²) in [6.45, 7) is -10.6. The Balaban J connectivity index is 3.82. The van der Waals surface area contributed by atoms with E-state index in [0.29, 0.717) is 17.1 Å². The van der Waals surface area contributed by atoms with Crippen LogP contribution in [0.4, 0.5) is 0 Å². The zero-order valence-corrected chi connectivity index (χ0v) is 8.13. The second-order valence-electron chi connectivity index (χ2n) is 2.34. The normalized spacial score (nSPS) is 42.8. The van der Waals surface area contributed by atoms with Gasteiger partial charge in [-0.2, -0.15) is 0 Å². The van der Waals surface area contributed by atoms with Crippen molar-refractivity contribution >= 4 is 0 Å². The molecule has 2 nitrogen and oxygen atoms in total. The summed E-state index contributed by atoms with van der Waals surface area (Å²) in [4.78, 5) is 0. The first kappa shape index (κ1) is 2.00. The average Bonchev–Trinajstić information content (AvgIpc) is 3.23. The van der Waals surface area contributed by atoms with Gasteiger partial charge in [0.15, 0.2) is 0 Å². The Bertz CT molecular complexity index is 1070. The summed E-state index contributed by atoms with van der Waals surface area (Å²) in [5, 5.41) is 0. The zero-order chi connectivity index (χ0) is 32.8. The van der Waals surface area contributed by atoms with Crippen molar-refractivity contribution in [3.05, 3.63) is 18.7 Å². The fourth-order valence-corrected chi connectivity index (χ4v) is 0.701. The van der Waals surface area contributed by atoms with E-state index >= 15 is 0 Å². The van der Waals surface area contributed by atoms with E-state index in [9.17, 15) is 0 Å². The van der Waals surface area contributed by atoms with E-state index in [1.165, 1.54) is 0 Å². The molecule has 2 heteroatoms. The molecule has 92 valence electrons. The quantitative estimate of drug-likeness (QED) is 0.591. The van der Waals surface area contributed by atoms with Crippen LogP contribution in [0.3, 0.4) is 0 Å². The van der Waals surface area contributed by atoms with Crippen LogP contribution in [0, 0.1) is 0 Å². The minimum Gasteiger partial charge on any atom is -0.240 e. The first-order valence-electron chi connectivity index (χ1n) is 16.1. The molecule has 0 aliphatic rings. The molecule has 1 aromatic rings. The van der Waals surface area contributed by atoms with Crippen LogP contribution >= 0.6 is 0 Å². The Kier molecular flexibility index (Phi) is 1.05. The molecule has 0 saturated carbocycles. The summed E-state index contributed by atoms with van der Waals surface area (Å²) in [5.41, 5.74) is 0. The molecule has 0 spiro atoms. The van der Waals surface area contributed by atoms with Gasteiger partial charge in [0, 0.05) is 26.0 Å². The summed E-state index contributed by atoms with van der Waals surface area (Å²) in [6, 6.07) is 0. The van der Waals surface area contributed by atoms with E-state index in [4.69, 9.17) is 32.9 Å². The van der Waals surface area contributed by atoms with Gasteiger partial charge in [-0.05, 0) is 12.7 Å². The maximum atomic E-state index is 8.15. The summed E-state index contributed by atoms with van der Waals surface area (Å²) in [7, 11) is 0. The van der Waals surface area contributed by atoms with Crippen LogP contribution in [0.2, 0.25) is 0 Å². The lowest BCUT2D eigenvalue weighted by Gasteiger charge is -2.00. The molecule has 1 rings (SSSR count). The number of aryl methyl sites for hydroxylation is 2. The minimum absolute atomic E-state index is 0.195. The topological polar surface area (TPSA) is 8.81 Å². The molecule has 0 aromatic carbocycles. The van der Waals surface area contributed by atoms with E-state index in [2.05, 4.69) is 0 Å². The second-order valence-corrected chi connectivity index (χ2v) is 2.34. The Morgan fingerprint density at radius 2 is 1.88 bits per heavy atom. The third-order valence-corrected chi connectivity index (χ3v) is 1.26. The first-order valence-corrected chi connectivity index (χ1v) is 4.06. The van der Waals surface area contributed by atoms with Crippen LogP contribution in [0.5, 0.6) is 0 Å². The summed E-state index contributed by atoms with van der Waals surface area (Å²) < 4.78 is 188. The molecule has 1 aromatic heterocycles. The Morgan fingerprint density at radius 3 is 2.56 bits per heavy atom. The van der Waals surface area contributed by atoms with E-state index in [1.807, 2.05) is 0 Å². The number of hydrogen-bond donors (Lipinski definition) is 0. The fourth-order valence-electron chi connectivity index (χ4n) is 0.701. The van der Waals surface area contributed by atoms with Crippen LogP contribution in [-0.4, -0.2) is 4.57 Å². The number of hydrogen-bond acceptors (Lipinski definition) is 0. The predicted octanol–water partition coefficient (Wildman–Crippen LogP) is 3.45. The standard InChI is InChI=1S/C14H27N2/c1-3-4-5-6-7-8-9-10-11-16-13-12-15(2)14-16/h12-14H,3-11H2,1-2H3/q+1/i1D3,2D3,3D2,4D2,5D2,6D2,7D2,8D2,9D2,10D2,11D2. The molecule has 0 unspecified atom stereocenters. The summed E-state index contributed by atoms with van der Waals surface area (Å²) >= 11 is 0. The average molecular weight is 248 g/mol. The van der Waals surface area contributed by atoms with E-state index in [-0.39, 0.29) is 4.57 Å². The number of rotatable bonds is 9. The molecular formula is C14H27N2+. The fraction of sp³-hybridized carbons (Fsp3) is 0.786.